The van der Waals surface area contributed by atoms with Crippen LogP contribution in [-0.4, -0.2) is 13.0 Å². The van der Waals surface area contributed by atoms with Crippen molar-refractivity contribution in [1.82, 2.24) is 0 Å². The molecule has 0 radical (unpaired) electrons. The minimum absolute atomic E-state index is 0.0718. The molecule has 0 unspecified atom stereocenters. The predicted molar refractivity (Wildman–Crippen MR) is 81.5 cm³/mol. The minimum Gasteiger partial charge on any atom is -0.495 e. The number of carbonyl (C=O) groups excluding carboxylic acids is 1. The summed E-state index contributed by atoms with van der Waals surface area (Å²) in [5, 5.41) is 3.32. The second-order valence-electron chi connectivity index (χ2n) is 4.47. The molecule has 0 fully saturated rings. The Morgan fingerprint density at radius 1 is 1.20 bits per heavy atom. The van der Waals surface area contributed by atoms with Crippen molar-refractivity contribution in [3.05, 3.63) is 59.1 Å². The van der Waals surface area contributed by atoms with Gasteiger partial charge in [-0.1, -0.05) is 41.9 Å². The summed E-state index contributed by atoms with van der Waals surface area (Å²) in [6.45, 7) is 1.87. The molecule has 1 N–H and O–H groups in total. The summed E-state index contributed by atoms with van der Waals surface area (Å²) in [6.07, 6.45) is 0. The molecule has 0 bridgehead atoms. The molecule has 2 rings (SSSR count). The lowest BCUT2D eigenvalue weighted by Gasteiger charge is -2.13. The van der Waals surface area contributed by atoms with Gasteiger partial charge < -0.3 is 10.1 Å². The molecule has 0 aliphatic heterocycles. The molecule has 1 atom stereocenters. The van der Waals surface area contributed by atoms with Crippen molar-refractivity contribution in [2.45, 2.75) is 12.8 Å². The molecule has 0 aromatic heterocycles. The molecule has 0 aliphatic rings. The number of anilines is 1. The van der Waals surface area contributed by atoms with Crippen LogP contribution in [0.1, 0.15) is 18.4 Å². The molecule has 20 heavy (non-hydrogen) atoms. The summed E-state index contributed by atoms with van der Waals surface area (Å²) in [5.41, 5.74) is 1.63. The Labute approximate surface area is 123 Å². The molecule has 2 aromatic carbocycles. The van der Waals surface area contributed by atoms with Crippen LogP contribution in [-0.2, 0) is 4.79 Å². The number of hydrogen-bond donors (Lipinski definition) is 1. The Morgan fingerprint density at radius 3 is 2.50 bits per heavy atom. The van der Waals surface area contributed by atoms with Crippen LogP contribution in [0, 0.1) is 0 Å². The third-order valence-corrected chi connectivity index (χ3v) is 3.41. The van der Waals surface area contributed by atoms with E-state index in [0.717, 1.165) is 5.56 Å². The Kier molecular flexibility index (Phi) is 4.64. The molecule has 0 aliphatic carbocycles. The number of hydrogen-bond acceptors (Lipinski definition) is 2. The number of methoxy groups -OCH3 is 1. The van der Waals surface area contributed by atoms with E-state index in [1.807, 2.05) is 37.3 Å². The molecule has 0 spiro atoms. The molecule has 104 valence electrons. The number of amides is 1. The first kappa shape index (κ1) is 14.4. The molecule has 2 aromatic rings. The largest absolute Gasteiger partial charge is 0.495 e. The fourth-order valence-electron chi connectivity index (χ4n) is 1.89. The Morgan fingerprint density at radius 2 is 1.90 bits per heavy atom. The van der Waals surface area contributed by atoms with Crippen molar-refractivity contribution in [1.29, 1.82) is 0 Å². The van der Waals surface area contributed by atoms with Crippen molar-refractivity contribution < 1.29 is 9.53 Å². The zero-order valence-electron chi connectivity index (χ0n) is 11.4. The predicted octanol–water partition coefficient (Wildman–Crippen LogP) is 4.09. The second kappa shape index (κ2) is 6.44. The number of nitrogens with one attached hydrogen (secondary N) is 1. The SMILES string of the molecule is COc1ccc(NC(=O)[C@H](C)c2ccccc2)cc1Cl. The Balaban J connectivity index is 2.10. The highest BCUT2D eigenvalue weighted by Gasteiger charge is 2.15. The first-order valence-corrected chi connectivity index (χ1v) is 6.69. The third kappa shape index (κ3) is 3.31. The Bertz CT molecular complexity index is 599. The average Bonchev–Trinajstić information content (AvgIpc) is 2.47. The van der Waals surface area contributed by atoms with Gasteiger partial charge in [-0.25, -0.2) is 0 Å². The van der Waals surface area contributed by atoms with Gasteiger partial charge >= 0.3 is 0 Å². The topological polar surface area (TPSA) is 38.3 Å². The van der Waals surface area contributed by atoms with E-state index < -0.39 is 0 Å². The Hall–Kier alpha value is -2.00. The van der Waals surface area contributed by atoms with Crippen LogP contribution in [0.15, 0.2) is 48.5 Å². The first-order valence-electron chi connectivity index (χ1n) is 6.31. The van der Waals surface area contributed by atoms with Gasteiger partial charge in [0.25, 0.3) is 0 Å². The normalized spacial score (nSPS) is 11.8. The van der Waals surface area contributed by atoms with Gasteiger partial charge in [0, 0.05) is 5.69 Å². The lowest BCUT2D eigenvalue weighted by atomic mass is 10.0. The van der Waals surface area contributed by atoms with E-state index in [9.17, 15) is 4.79 Å². The third-order valence-electron chi connectivity index (χ3n) is 3.11. The van der Waals surface area contributed by atoms with Gasteiger partial charge in [-0.05, 0) is 30.7 Å². The van der Waals surface area contributed by atoms with E-state index in [-0.39, 0.29) is 11.8 Å². The van der Waals surface area contributed by atoms with Crippen LogP contribution in [0.25, 0.3) is 0 Å². The van der Waals surface area contributed by atoms with E-state index in [1.165, 1.54) is 0 Å². The van der Waals surface area contributed by atoms with Crippen molar-refractivity contribution in [2.75, 3.05) is 12.4 Å². The number of carbonyl (C=O) groups is 1. The molecule has 3 nitrogen and oxygen atoms in total. The van der Waals surface area contributed by atoms with Crippen LogP contribution < -0.4 is 10.1 Å². The summed E-state index contributed by atoms with van der Waals surface area (Å²) in [6, 6.07) is 14.8. The lowest BCUT2D eigenvalue weighted by molar-refractivity contribution is -0.117. The van der Waals surface area contributed by atoms with E-state index in [1.54, 1.807) is 25.3 Å². The first-order chi connectivity index (χ1) is 9.61. The quantitative estimate of drug-likeness (QED) is 0.920. The van der Waals surface area contributed by atoms with Gasteiger partial charge in [0.1, 0.15) is 5.75 Å². The van der Waals surface area contributed by atoms with Crippen LogP contribution >= 0.6 is 11.6 Å². The zero-order chi connectivity index (χ0) is 14.5. The smallest absolute Gasteiger partial charge is 0.231 e. The van der Waals surface area contributed by atoms with Gasteiger partial charge in [-0.15, -0.1) is 0 Å². The van der Waals surface area contributed by atoms with E-state index in [2.05, 4.69) is 5.32 Å². The summed E-state index contributed by atoms with van der Waals surface area (Å²) < 4.78 is 5.08. The minimum atomic E-state index is -0.225. The molecular formula is C16H16ClNO2. The number of ether oxygens (including phenoxy) is 1. The maximum Gasteiger partial charge on any atom is 0.231 e. The van der Waals surface area contributed by atoms with E-state index in [4.69, 9.17) is 16.3 Å². The number of halogens is 1. The van der Waals surface area contributed by atoms with Crippen LogP contribution in [0.3, 0.4) is 0 Å². The van der Waals surface area contributed by atoms with Gasteiger partial charge in [-0.2, -0.15) is 0 Å². The molecule has 1 amide bonds. The molecule has 0 saturated carbocycles. The number of rotatable bonds is 4. The highest BCUT2D eigenvalue weighted by Crippen LogP contribution is 2.28. The molecule has 0 saturated heterocycles. The summed E-state index contributed by atoms with van der Waals surface area (Å²) >= 11 is 6.03. The standard InChI is InChI=1S/C16H16ClNO2/c1-11(12-6-4-3-5-7-12)16(19)18-13-8-9-15(20-2)14(17)10-13/h3-11H,1-2H3,(H,18,19)/t11-/m1/s1. The zero-order valence-corrected chi connectivity index (χ0v) is 12.1. The van der Waals surface area contributed by atoms with Gasteiger partial charge in [0.15, 0.2) is 0 Å². The van der Waals surface area contributed by atoms with Crippen molar-refractivity contribution in [2.24, 2.45) is 0 Å². The van der Waals surface area contributed by atoms with Crippen LogP contribution in [0.2, 0.25) is 5.02 Å². The average molecular weight is 290 g/mol. The second-order valence-corrected chi connectivity index (χ2v) is 4.88. The summed E-state index contributed by atoms with van der Waals surface area (Å²) in [7, 11) is 1.55. The maximum absolute atomic E-state index is 12.2. The van der Waals surface area contributed by atoms with Crippen LogP contribution in [0.4, 0.5) is 5.69 Å². The molecule has 0 heterocycles. The monoisotopic (exact) mass is 289 g/mol. The van der Waals surface area contributed by atoms with Crippen molar-refractivity contribution in [3.63, 3.8) is 0 Å². The number of benzene rings is 2. The summed E-state index contributed by atoms with van der Waals surface area (Å²) in [4.78, 5) is 12.2. The highest BCUT2D eigenvalue weighted by atomic mass is 35.5. The van der Waals surface area contributed by atoms with Crippen molar-refractivity contribution >= 4 is 23.2 Å². The van der Waals surface area contributed by atoms with Gasteiger partial charge in [0.2, 0.25) is 5.91 Å². The lowest BCUT2D eigenvalue weighted by Crippen LogP contribution is -2.18. The van der Waals surface area contributed by atoms with Crippen LogP contribution in [0.5, 0.6) is 5.75 Å². The maximum atomic E-state index is 12.2. The molecule has 4 heteroatoms. The van der Waals surface area contributed by atoms with E-state index >= 15 is 0 Å². The summed E-state index contributed by atoms with van der Waals surface area (Å²) in [5.74, 6) is 0.287. The van der Waals surface area contributed by atoms with Gasteiger partial charge in [0.05, 0.1) is 18.1 Å². The fraction of sp³-hybridized carbons (Fsp3) is 0.188. The van der Waals surface area contributed by atoms with Crippen molar-refractivity contribution in [3.8, 4) is 5.75 Å². The van der Waals surface area contributed by atoms with E-state index in [0.29, 0.717) is 16.5 Å². The fourth-order valence-corrected chi connectivity index (χ4v) is 2.15. The molecular weight excluding hydrogens is 274 g/mol. The van der Waals surface area contributed by atoms with Gasteiger partial charge in [-0.3, -0.25) is 4.79 Å². The highest BCUT2D eigenvalue weighted by molar-refractivity contribution is 6.32.